The van der Waals surface area contributed by atoms with E-state index in [1.54, 1.807) is 6.33 Å². The van der Waals surface area contributed by atoms with Gasteiger partial charge in [0.05, 0.1) is 16.7 Å². The third kappa shape index (κ3) is 1.35. The zero-order valence-corrected chi connectivity index (χ0v) is 8.83. The molecular formula is C12H10N4. The molecule has 4 nitrogen and oxygen atoms in total. The molecule has 0 saturated heterocycles. The Morgan fingerprint density at radius 3 is 2.69 bits per heavy atom. The van der Waals surface area contributed by atoms with Crippen molar-refractivity contribution in [3.63, 3.8) is 0 Å². The Morgan fingerprint density at radius 1 is 1.00 bits per heavy atom. The van der Waals surface area contributed by atoms with Crippen LogP contribution in [0.25, 0.3) is 16.9 Å². The van der Waals surface area contributed by atoms with Crippen LogP contribution < -0.4 is 0 Å². The molecule has 0 aliphatic rings. The summed E-state index contributed by atoms with van der Waals surface area (Å²) in [6.45, 7) is 1.92. The van der Waals surface area contributed by atoms with Gasteiger partial charge in [-0.3, -0.25) is 4.57 Å². The average molecular weight is 210 g/mol. The van der Waals surface area contributed by atoms with Crippen molar-refractivity contribution in [2.24, 2.45) is 0 Å². The Bertz CT molecular complexity index is 625. The molecule has 0 bridgehead atoms. The zero-order valence-electron chi connectivity index (χ0n) is 8.83. The first kappa shape index (κ1) is 9.03. The van der Waals surface area contributed by atoms with Crippen LogP contribution in [-0.2, 0) is 0 Å². The number of aryl methyl sites for hydroxylation is 1. The van der Waals surface area contributed by atoms with Gasteiger partial charge >= 0.3 is 0 Å². The van der Waals surface area contributed by atoms with E-state index in [1.165, 1.54) is 0 Å². The summed E-state index contributed by atoms with van der Waals surface area (Å²) >= 11 is 0. The van der Waals surface area contributed by atoms with Gasteiger partial charge in [-0.25, -0.2) is 4.98 Å². The number of hydrogen-bond donors (Lipinski definition) is 0. The molecule has 2 aromatic heterocycles. The molecule has 0 spiro atoms. The van der Waals surface area contributed by atoms with Gasteiger partial charge in [-0.05, 0) is 31.2 Å². The molecule has 4 heteroatoms. The first-order chi connectivity index (χ1) is 7.84. The van der Waals surface area contributed by atoms with E-state index in [1.807, 2.05) is 47.9 Å². The topological polar surface area (TPSA) is 43.6 Å². The number of hydrogen-bond acceptors (Lipinski definition) is 3. The van der Waals surface area contributed by atoms with Crippen molar-refractivity contribution in [2.45, 2.75) is 6.92 Å². The number of nitrogens with zero attached hydrogens (tertiary/aromatic N) is 4. The third-order valence-electron chi connectivity index (χ3n) is 2.48. The van der Waals surface area contributed by atoms with Crippen molar-refractivity contribution in [1.29, 1.82) is 0 Å². The lowest BCUT2D eigenvalue weighted by molar-refractivity contribution is 0.904. The van der Waals surface area contributed by atoms with E-state index < -0.39 is 0 Å². The summed E-state index contributed by atoms with van der Waals surface area (Å²) in [5.74, 6) is 0.791. The number of aromatic nitrogens is 4. The molecule has 0 radical (unpaired) electrons. The lowest BCUT2D eigenvalue weighted by Gasteiger charge is -2.01. The second kappa shape index (κ2) is 3.41. The Balaban J connectivity index is 2.22. The molecule has 2 heterocycles. The molecule has 16 heavy (non-hydrogen) atoms. The summed E-state index contributed by atoms with van der Waals surface area (Å²) in [4.78, 5) is 4.31. The molecule has 1 aromatic carbocycles. The molecule has 78 valence electrons. The monoisotopic (exact) mass is 210 g/mol. The minimum absolute atomic E-state index is 0.791. The maximum atomic E-state index is 4.31. The van der Waals surface area contributed by atoms with E-state index in [9.17, 15) is 0 Å². The molecule has 0 fully saturated rings. The minimum atomic E-state index is 0.791. The van der Waals surface area contributed by atoms with E-state index >= 15 is 0 Å². The van der Waals surface area contributed by atoms with Gasteiger partial charge in [-0.1, -0.05) is 12.1 Å². The van der Waals surface area contributed by atoms with Gasteiger partial charge in [-0.2, -0.15) is 5.10 Å². The number of imidazole rings is 1. The molecule has 3 rings (SSSR count). The van der Waals surface area contributed by atoms with Crippen LogP contribution in [0.15, 0.2) is 42.7 Å². The van der Waals surface area contributed by atoms with Crippen molar-refractivity contribution in [3.05, 3.63) is 48.4 Å². The fourth-order valence-corrected chi connectivity index (χ4v) is 1.66. The number of rotatable bonds is 1. The minimum Gasteiger partial charge on any atom is -0.281 e. The highest BCUT2D eigenvalue weighted by Crippen LogP contribution is 2.15. The van der Waals surface area contributed by atoms with E-state index in [-0.39, 0.29) is 0 Å². The summed E-state index contributed by atoms with van der Waals surface area (Å²) in [7, 11) is 0. The van der Waals surface area contributed by atoms with Crippen LogP contribution in [0.4, 0.5) is 0 Å². The highest BCUT2D eigenvalue weighted by Gasteiger charge is 2.04. The summed E-state index contributed by atoms with van der Waals surface area (Å²) in [6.07, 6.45) is 1.77. The highest BCUT2D eigenvalue weighted by atomic mass is 15.2. The molecule has 0 atom stereocenters. The van der Waals surface area contributed by atoms with Crippen LogP contribution in [0.1, 0.15) is 5.69 Å². The summed E-state index contributed by atoms with van der Waals surface area (Å²) in [6, 6.07) is 11.8. The Labute approximate surface area is 92.6 Å². The van der Waals surface area contributed by atoms with Crippen LogP contribution in [0.2, 0.25) is 0 Å². The Morgan fingerprint density at radius 2 is 1.88 bits per heavy atom. The molecule has 0 amide bonds. The van der Waals surface area contributed by atoms with Gasteiger partial charge < -0.3 is 0 Å². The predicted octanol–water partition coefficient (Wildman–Crippen LogP) is 2.12. The standard InChI is InChI=1S/C12H10N4/c1-9-6-7-12(15-14-9)16-8-13-10-4-2-3-5-11(10)16/h2-8H,1H3. The number of fused-ring (bicyclic) bond motifs is 1. The first-order valence-corrected chi connectivity index (χ1v) is 5.07. The zero-order chi connectivity index (χ0) is 11.0. The number of para-hydroxylation sites is 2. The van der Waals surface area contributed by atoms with Gasteiger partial charge in [0, 0.05) is 0 Å². The van der Waals surface area contributed by atoms with Crippen molar-refractivity contribution < 1.29 is 0 Å². The molecule has 0 N–H and O–H groups in total. The molecule has 0 unspecified atom stereocenters. The van der Waals surface area contributed by atoms with Crippen molar-refractivity contribution in [2.75, 3.05) is 0 Å². The van der Waals surface area contributed by atoms with Gasteiger partial charge in [0.25, 0.3) is 0 Å². The Kier molecular flexibility index (Phi) is 1.93. The second-order valence-corrected chi connectivity index (χ2v) is 3.64. The normalized spacial score (nSPS) is 10.8. The smallest absolute Gasteiger partial charge is 0.161 e. The lowest BCUT2D eigenvalue weighted by Crippen LogP contribution is -1.98. The molecule has 3 aromatic rings. The van der Waals surface area contributed by atoms with Crippen LogP contribution in [0, 0.1) is 6.92 Å². The SMILES string of the molecule is Cc1ccc(-n2cnc3ccccc32)nn1. The maximum absolute atomic E-state index is 4.31. The average Bonchev–Trinajstić information content (AvgIpc) is 2.74. The maximum Gasteiger partial charge on any atom is 0.161 e. The summed E-state index contributed by atoms with van der Waals surface area (Å²) in [5.41, 5.74) is 2.92. The molecule has 0 aliphatic carbocycles. The lowest BCUT2D eigenvalue weighted by atomic mass is 10.3. The van der Waals surface area contributed by atoms with E-state index in [0.29, 0.717) is 0 Å². The fourth-order valence-electron chi connectivity index (χ4n) is 1.66. The first-order valence-electron chi connectivity index (χ1n) is 5.07. The number of benzene rings is 1. The summed E-state index contributed by atoms with van der Waals surface area (Å²) < 4.78 is 1.93. The summed E-state index contributed by atoms with van der Waals surface area (Å²) in [5, 5.41) is 8.19. The van der Waals surface area contributed by atoms with Gasteiger partial charge in [0.1, 0.15) is 6.33 Å². The molecule has 0 aliphatic heterocycles. The van der Waals surface area contributed by atoms with Crippen LogP contribution in [-0.4, -0.2) is 19.7 Å². The quantitative estimate of drug-likeness (QED) is 0.618. The van der Waals surface area contributed by atoms with Crippen molar-refractivity contribution in [1.82, 2.24) is 19.7 Å². The van der Waals surface area contributed by atoms with E-state index in [0.717, 1.165) is 22.5 Å². The van der Waals surface area contributed by atoms with E-state index in [4.69, 9.17) is 0 Å². The predicted molar refractivity (Wildman–Crippen MR) is 61.4 cm³/mol. The largest absolute Gasteiger partial charge is 0.281 e. The Hall–Kier alpha value is -2.23. The van der Waals surface area contributed by atoms with Crippen LogP contribution in [0.5, 0.6) is 0 Å². The highest BCUT2D eigenvalue weighted by molar-refractivity contribution is 5.76. The third-order valence-corrected chi connectivity index (χ3v) is 2.48. The second-order valence-electron chi connectivity index (χ2n) is 3.64. The molecule has 0 saturated carbocycles. The van der Waals surface area contributed by atoms with Crippen LogP contribution in [0.3, 0.4) is 0 Å². The van der Waals surface area contributed by atoms with Gasteiger partial charge in [-0.15, -0.1) is 5.10 Å². The molecular weight excluding hydrogens is 200 g/mol. The van der Waals surface area contributed by atoms with Crippen LogP contribution >= 0.6 is 0 Å². The van der Waals surface area contributed by atoms with Gasteiger partial charge in [0.2, 0.25) is 0 Å². The van der Waals surface area contributed by atoms with Crippen molar-refractivity contribution >= 4 is 11.0 Å². The van der Waals surface area contributed by atoms with Crippen molar-refractivity contribution in [3.8, 4) is 5.82 Å². The fraction of sp³-hybridized carbons (Fsp3) is 0.0833. The van der Waals surface area contributed by atoms with E-state index in [2.05, 4.69) is 15.2 Å². The van der Waals surface area contributed by atoms with Gasteiger partial charge in [0.15, 0.2) is 5.82 Å².